The zero-order chi connectivity index (χ0) is 11.5. The van der Waals surface area contributed by atoms with Crippen LogP contribution in [-0.4, -0.2) is 11.6 Å². The molecule has 0 saturated carbocycles. The second-order valence-electron chi connectivity index (χ2n) is 2.65. The highest BCUT2D eigenvalue weighted by atomic mass is 79.9. The fourth-order valence-corrected chi connectivity index (χ4v) is 1.46. The van der Waals surface area contributed by atoms with E-state index in [9.17, 15) is 13.2 Å². The topological polar surface area (TPSA) is 41.5 Å². The molecule has 0 radical (unpaired) electrons. The van der Waals surface area contributed by atoms with E-state index < -0.39 is 6.36 Å². The minimum Gasteiger partial charge on any atom is -0.405 e. The van der Waals surface area contributed by atoms with Gasteiger partial charge in [-0.05, 0) is 33.6 Å². The first-order valence-corrected chi connectivity index (χ1v) is 4.63. The van der Waals surface area contributed by atoms with Crippen LogP contribution >= 0.6 is 15.9 Å². The van der Waals surface area contributed by atoms with E-state index in [-0.39, 0.29) is 16.8 Å². The number of rotatable bonds is 3. The summed E-state index contributed by atoms with van der Waals surface area (Å²) in [6.45, 7) is 0.144. The van der Waals surface area contributed by atoms with Crippen molar-refractivity contribution in [3.8, 4) is 5.75 Å². The Morgan fingerprint density at radius 3 is 2.53 bits per heavy atom. The maximum atomic E-state index is 11.9. The monoisotopic (exact) mass is 285 g/mol. The molecule has 3 nitrogen and oxygen atoms in total. The Balaban J connectivity index is 2.84. The highest BCUT2D eigenvalue weighted by Crippen LogP contribution is 2.30. The lowest BCUT2D eigenvalue weighted by molar-refractivity contribution is -0.274. The van der Waals surface area contributed by atoms with Gasteiger partial charge < -0.3 is 9.94 Å². The van der Waals surface area contributed by atoms with E-state index in [2.05, 4.69) is 20.7 Å². The van der Waals surface area contributed by atoms with Gasteiger partial charge in [-0.25, -0.2) is 5.48 Å². The molecule has 15 heavy (non-hydrogen) atoms. The summed E-state index contributed by atoms with van der Waals surface area (Å²) in [5.74, 6) is -0.316. The molecule has 0 saturated heterocycles. The van der Waals surface area contributed by atoms with Crippen LogP contribution in [0.25, 0.3) is 0 Å². The number of hydrogen-bond donors (Lipinski definition) is 2. The van der Waals surface area contributed by atoms with E-state index in [1.807, 2.05) is 5.48 Å². The van der Waals surface area contributed by atoms with Crippen molar-refractivity contribution in [1.29, 1.82) is 0 Å². The average molecular weight is 286 g/mol. The summed E-state index contributed by atoms with van der Waals surface area (Å²) in [5.41, 5.74) is 2.52. The van der Waals surface area contributed by atoms with Crippen LogP contribution in [0.2, 0.25) is 0 Å². The summed E-state index contributed by atoms with van der Waals surface area (Å²) >= 11 is 2.94. The molecule has 0 amide bonds. The van der Waals surface area contributed by atoms with Gasteiger partial charge in [0.05, 0.1) is 4.47 Å². The second-order valence-corrected chi connectivity index (χ2v) is 3.50. The van der Waals surface area contributed by atoms with Crippen molar-refractivity contribution in [3.63, 3.8) is 0 Å². The maximum Gasteiger partial charge on any atom is 0.573 e. The van der Waals surface area contributed by atoms with Crippen LogP contribution < -0.4 is 10.2 Å². The maximum absolute atomic E-state index is 11.9. The van der Waals surface area contributed by atoms with Gasteiger partial charge in [0.2, 0.25) is 0 Å². The summed E-state index contributed by atoms with van der Waals surface area (Å²) in [6, 6.07) is 4.00. The van der Waals surface area contributed by atoms with Gasteiger partial charge in [0.15, 0.2) is 0 Å². The number of nitrogens with one attached hydrogen (secondary N) is 1. The number of hydrogen-bond acceptors (Lipinski definition) is 3. The number of halogens is 4. The molecule has 84 valence electrons. The highest BCUT2D eigenvalue weighted by molar-refractivity contribution is 9.10. The van der Waals surface area contributed by atoms with Crippen LogP contribution in [-0.2, 0) is 6.54 Å². The van der Waals surface area contributed by atoms with E-state index in [0.717, 1.165) is 0 Å². The average Bonchev–Trinajstić information content (AvgIpc) is 2.08. The molecule has 1 aromatic carbocycles. The Hall–Kier alpha value is -0.790. The third-order valence-corrected chi connectivity index (χ3v) is 2.12. The quantitative estimate of drug-likeness (QED) is 0.839. The molecule has 7 heteroatoms. The van der Waals surface area contributed by atoms with Crippen molar-refractivity contribution < 1.29 is 23.1 Å². The molecule has 0 aromatic heterocycles. The third-order valence-electron chi connectivity index (χ3n) is 1.51. The SMILES string of the molecule is ONCc1ccc(OC(F)(F)F)c(Br)c1. The molecule has 0 bridgehead atoms. The van der Waals surface area contributed by atoms with Gasteiger partial charge in [-0.3, -0.25) is 0 Å². The van der Waals surface area contributed by atoms with E-state index in [0.29, 0.717) is 5.56 Å². The number of alkyl halides is 3. The Labute approximate surface area is 91.9 Å². The molecule has 2 N–H and O–H groups in total. The van der Waals surface area contributed by atoms with Crippen molar-refractivity contribution in [2.75, 3.05) is 0 Å². The van der Waals surface area contributed by atoms with Gasteiger partial charge in [0.1, 0.15) is 5.75 Å². The molecule has 0 heterocycles. The fraction of sp³-hybridized carbons (Fsp3) is 0.250. The van der Waals surface area contributed by atoms with Crippen LogP contribution in [0.1, 0.15) is 5.56 Å². The molecule has 0 aliphatic heterocycles. The molecule has 0 atom stereocenters. The lowest BCUT2D eigenvalue weighted by atomic mass is 10.2. The van der Waals surface area contributed by atoms with Crippen molar-refractivity contribution in [2.45, 2.75) is 12.9 Å². The normalized spacial score (nSPS) is 11.5. The van der Waals surface area contributed by atoms with Crippen molar-refractivity contribution in [3.05, 3.63) is 28.2 Å². The Morgan fingerprint density at radius 1 is 1.40 bits per heavy atom. The van der Waals surface area contributed by atoms with E-state index in [1.165, 1.54) is 18.2 Å². The van der Waals surface area contributed by atoms with Gasteiger partial charge in [0, 0.05) is 6.54 Å². The van der Waals surface area contributed by atoms with E-state index in [4.69, 9.17) is 5.21 Å². The fourth-order valence-electron chi connectivity index (χ4n) is 0.953. The lowest BCUT2D eigenvalue weighted by Gasteiger charge is -2.11. The first-order valence-electron chi connectivity index (χ1n) is 3.83. The summed E-state index contributed by atoms with van der Waals surface area (Å²) in [7, 11) is 0. The van der Waals surface area contributed by atoms with E-state index >= 15 is 0 Å². The molecule has 1 rings (SSSR count). The largest absolute Gasteiger partial charge is 0.573 e. The lowest BCUT2D eigenvalue weighted by Crippen LogP contribution is -2.17. The standard InChI is InChI=1S/C8H7BrF3NO2/c9-6-3-5(4-13-14)1-2-7(6)15-8(10,11)12/h1-3,13-14H,4H2. The molecule has 1 aromatic rings. The van der Waals surface area contributed by atoms with Gasteiger partial charge in [-0.2, -0.15) is 0 Å². The zero-order valence-electron chi connectivity index (χ0n) is 7.31. The number of hydroxylamine groups is 1. The molecule has 0 aliphatic carbocycles. The molecule has 0 spiro atoms. The van der Waals surface area contributed by atoms with Crippen molar-refractivity contribution >= 4 is 15.9 Å². The summed E-state index contributed by atoms with van der Waals surface area (Å²) < 4.78 is 39.5. The third kappa shape index (κ3) is 4.06. The highest BCUT2D eigenvalue weighted by Gasteiger charge is 2.31. The molecule has 0 aliphatic rings. The summed E-state index contributed by atoms with van der Waals surface area (Å²) in [6.07, 6.45) is -4.71. The van der Waals surface area contributed by atoms with Crippen LogP contribution in [0.15, 0.2) is 22.7 Å². The van der Waals surface area contributed by atoms with Gasteiger partial charge in [-0.15, -0.1) is 13.2 Å². The van der Waals surface area contributed by atoms with Crippen LogP contribution in [0, 0.1) is 0 Å². The smallest absolute Gasteiger partial charge is 0.405 e. The predicted molar refractivity (Wildman–Crippen MR) is 49.5 cm³/mol. The number of benzene rings is 1. The summed E-state index contributed by atoms with van der Waals surface area (Å²) in [5, 5.41) is 8.39. The van der Waals surface area contributed by atoms with Gasteiger partial charge in [0.25, 0.3) is 0 Å². The van der Waals surface area contributed by atoms with Crippen molar-refractivity contribution in [1.82, 2.24) is 5.48 Å². The Bertz CT molecular complexity index is 343. The Morgan fingerprint density at radius 2 is 2.07 bits per heavy atom. The first kappa shape index (κ1) is 12.3. The predicted octanol–water partition coefficient (Wildman–Crippen LogP) is 2.83. The van der Waals surface area contributed by atoms with Crippen LogP contribution in [0.5, 0.6) is 5.75 Å². The molecule has 0 unspecified atom stereocenters. The van der Waals surface area contributed by atoms with E-state index in [1.54, 1.807) is 0 Å². The molecular formula is C8H7BrF3NO2. The minimum atomic E-state index is -4.71. The number of ether oxygens (including phenoxy) is 1. The van der Waals surface area contributed by atoms with Crippen LogP contribution in [0.3, 0.4) is 0 Å². The Kier molecular flexibility index (Phi) is 3.95. The van der Waals surface area contributed by atoms with Crippen LogP contribution in [0.4, 0.5) is 13.2 Å². The molecule has 0 fully saturated rings. The minimum absolute atomic E-state index is 0.144. The van der Waals surface area contributed by atoms with Gasteiger partial charge >= 0.3 is 6.36 Å². The van der Waals surface area contributed by atoms with Gasteiger partial charge in [-0.1, -0.05) is 6.07 Å². The summed E-state index contributed by atoms with van der Waals surface area (Å²) in [4.78, 5) is 0. The molecular weight excluding hydrogens is 279 g/mol. The van der Waals surface area contributed by atoms with Crippen molar-refractivity contribution in [2.24, 2.45) is 0 Å². The zero-order valence-corrected chi connectivity index (χ0v) is 8.89. The second kappa shape index (κ2) is 4.82. The first-order chi connectivity index (χ1) is 6.92.